The van der Waals surface area contributed by atoms with Crippen LogP contribution >= 0.6 is 0 Å². The van der Waals surface area contributed by atoms with Gasteiger partial charge in [-0.15, -0.1) is 5.10 Å². The Labute approximate surface area is 63.2 Å². The Balaban J connectivity index is 2.86. The molecule has 2 rings (SSSR count). The van der Waals surface area contributed by atoms with E-state index in [0.29, 0.717) is 0 Å². The average Bonchev–Trinajstić information content (AvgIpc) is 2.47. The first-order chi connectivity index (χ1) is 5.42. The summed E-state index contributed by atoms with van der Waals surface area (Å²) in [5.74, 6) is 0. The summed E-state index contributed by atoms with van der Waals surface area (Å²) in [7, 11) is 0. The molecule has 0 unspecified atom stereocenters. The maximum absolute atomic E-state index is 3.91. The first kappa shape index (κ1) is 6.03. The maximum atomic E-state index is 3.91. The molecule has 4 nitrogen and oxygen atoms in total. The first-order valence-corrected chi connectivity index (χ1v) is 3.19. The number of hydrogen-bond acceptors (Lipinski definition) is 3. The molecule has 0 atom stereocenters. The highest BCUT2D eigenvalue weighted by atomic mass is 15.4. The van der Waals surface area contributed by atoms with E-state index in [9.17, 15) is 0 Å². The van der Waals surface area contributed by atoms with Gasteiger partial charge in [0.2, 0.25) is 0 Å². The molecule has 4 heteroatoms. The largest absolute Gasteiger partial charge is 0.262 e. The SMILES string of the molecule is C=Cn1nnc2cnccc21. The minimum Gasteiger partial charge on any atom is -0.262 e. The fourth-order valence-corrected chi connectivity index (χ4v) is 0.929. The van der Waals surface area contributed by atoms with Gasteiger partial charge in [0, 0.05) is 12.4 Å². The van der Waals surface area contributed by atoms with Crippen LogP contribution in [0.4, 0.5) is 0 Å². The Morgan fingerprint density at radius 2 is 2.45 bits per heavy atom. The molecule has 0 bridgehead atoms. The Morgan fingerprint density at radius 1 is 1.55 bits per heavy atom. The molecule has 0 saturated carbocycles. The zero-order valence-corrected chi connectivity index (χ0v) is 5.81. The van der Waals surface area contributed by atoms with Gasteiger partial charge in [0.1, 0.15) is 5.52 Å². The lowest BCUT2D eigenvalue weighted by molar-refractivity contribution is 0.862. The van der Waals surface area contributed by atoms with Crippen LogP contribution in [0.25, 0.3) is 17.2 Å². The van der Waals surface area contributed by atoms with E-state index >= 15 is 0 Å². The molecule has 0 spiro atoms. The van der Waals surface area contributed by atoms with Gasteiger partial charge < -0.3 is 0 Å². The monoisotopic (exact) mass is 146 g/mol. The van der Waals surface area contributed by atoms with Crippen LogP contribution in [0.2, 0.25) is 0 Å². The Bertz CT molecular complexity index is 390. The van der Waals surface area contributed by atoms with Gasteiger partial charge in [-0.2, -0.15) is 0 Å². The second-order valence-electron chi connectivity index (χ2n) is 2.08. The summed E-state index contributed by atoms with van der Waals surface area (Å²) < 4.78 is 1.61. The van der Waals surface area contributed by atoms with Gasteiger partial charge in [0.25, 0.3) is 0 Å². The molecule has 2 aromatic heterocycles. The van der Waals surface area contributed by atoms with Crippen LogP contribution in [0, 0.1) is 0 Å². The van der Waals surface area contributed by atoms with Crippen molar-refractivity contribution >= 4 is 17.2 Å². The van der Waals surface area contributed by atoms with Crippen molar-refractivity contribution in [2.75, 3.05) is 0 Å². The number of fused-ring (bicyclic) bond motifs is 1. The van der Waals surface area contributed by atoms with Gasteiger partial charge in [-0.05, 0) is 6.07 Å². The van der Waals surface area contributed by atoms with Gasteiger partial charge in [0.05, 0.1) is 11.7 Å². The lowest BCUT2D eigenvalue weighted by atomic mass is 10.4. The van der Waals surface area contributed by atoms with E-state index in [0.717, 1.165) is 11.0 Å². The van der Waals surface area contributed by atoms with Crippen LogP contribution in [-0.4, -0.2) is 20.0 Å². The smallest absolute Gasteiger partial charge is 0.131 e. The fourth-order valence-electron chi connectivity index (χ4n) is 0.929. The van der Waals surface area contributed by atoms with Crippen molar-refractivity contribution in [3.05, 3.63) is 25.0 Å². The predicted molar refractivity (Wildman–Crippen MR) is 41.7 cm³/mol. The molecule has 0 fully saturated rings. The van der Waals surface area contributed by atoms with E-state index < -0.39 is 0 Å². The lowest BCUT2D eigenvalue weighted by Crippen LogP contribution is -1.86. The predicted octanol–water partition coefficient (Wildman–Crippen LogP) is 0.927. The van der Waals surface area contributed by atoms with Crippen molar-refractivity contribution in [2.24, 2.45) is 0 Å². The zero-order chi connectivity index (χ0) is 7.68. The molecular formula is C7H6N4. The third-order valence-corrected chi connectivity index (χ3v) is 1.45. The molecule has 0 N–H and O–H groups in total. The third-order valence-electron chi connectivity index (χ3n) is 1.45. The van der Waals surface area contributed by atoms with Gasteiger partial charge in [-0.1, -0.05) is 11.8 Å². The average molecular weight is 146 g/mol. The maximum Gasteiger partial charge on any atom is 0.131 e. The molecule has 2 aromatic rings. The van der Waals surface area contributed by atoms with Crippen LogP contribution in [0.3, 0.4) is 0 Å². The van der Waals surface area contributed by atoms with E-state index in [-0.39, 0.29) is 0 Å². The Kier molecular flexibility index (Phi) is 1.18. The van der Waals surface area contributed by atoms with Crippen LogP contribution < -0.4 is 0 Å². The van der Waals surface area contributed by atoms with E-state index in [1.807, 2.05) is 6.07 Å². The van der Waals surface area contributed by atoms with Gasteiger partial charge >= 0.3 is 0 Å². The number of hydrogen-bond donors (Lipinski definition) is 0. The number of aromatic nitrogens is 4. The highest BCUT2D eigenvalue weighted by Gasteiger charge is 1.98. The number of rotatable bonds is 1. The summed E-state index contributed by atoms with van der Waals surface area (Å²) in [5, 5.41) is 7.69. The van der Waals surface area contributed by atoms with Crippen molar-refractivity contribution in [3.8, 4) is 0 Å². The van der Waals surface area contributed by atoms with Gasteiger partial charge in [0.15, 0.2) is 0 Å². The van der Waals surface area contributed by atoms with E-state index in [1.54, 1.807) is 23.3 Å². The first-order valence-electron chi connectivity index (χ1n) is 3.19. The quantitative estimate of drug-likeness (QED) is 0.601. The molecule has 0 radical (unpaired) electrons. The number of pyridine rings is 1. The number of nitrogens with zero attached hydrogens (tertiary/aromatic N) is 4. The van der Waals surface area contributed by atoms with Crippen molar-refractivity contribution in [1.29, 1.82) is 0 Å². The summed E-state index contributed by atoms with van der Waals surface area (Å²) >= 11 is 0. The fraction of sp³-hybridized carbons (Fsp3) is 0. The summed E-state index contributed by atoms with van der Waals surface area (Å²) in [6.07, 6.45) is 4.98. The highest BCUT2D eigenvalue weighted by Crippen LogP contribution is 2.06. The lowest BCUT2D eigenvalue weighted by Gasteiger charge is -1.88. The van der Waals surface area contributed by atoms with E-state index in [2.05, 4.69) is 21.9 Å². The minimum absolute atomic E-state index is 0.785. The third kappa shape index (κ3) is 0.797. The molecule has 0 saturated heterocycles. The van der Waals surface area contributed by atoms with Gasteiger partial charge in [-0.3, -0.25) is 4.98 Å². The summed E-state index contributed by atoms with van der Waals surface area (Å²) in [5.41, 5.74) is 1.71. The van der Waals surface area contributed by atoms with Crippen molar-refractivity contribution in [3.63, 3.8) is 0 Å². The summed E-state index contributed by atoms with van der Waals surface area (Å²) in [6, 6.07) is 1.84. The van der Waals surface area contributed by atoms with Crippen molar-refractivity contribution < 1.29 is 0 Å². The molecule has 0 amide bonds. The minimum atomic E-state index is 0.785. The van der Waals surface area contributed by atoms with Gasteiger partial charge in [-0.25, -0.2) is 4.68 Å². The summed E-state index contributed by atoms with van der Waals surface area (Å²) in [6.45, 7) is 3.59. The van der Waals surface area contributed by atoms with Crippen molar-refractivity contribution in [2.45, 2.75) is 0 Å². The van der Waals surface area contributed by atoms with Crippen LogP contribution in [0.15, 0.2) is 25.0 Å². The molecule has 0 aliphatic rings. The highest BCUT2D eigenvalue weighted by molar-refractivity contribution is 5.74. The molecular weight excluding hydrogens is 140 g/mol. The molecule has 2 heterocycles. The van der Waals surface area contributed by atoms with Crippen LogP contribution in [0.1, 0.15) is 0 Å². The Morgan fingerprint density at radius 3 is 3.27 bits per heavy atom. The molecule has 0 aromatic carbocycles. The normalized spacial score (nSPS) is 10.2. The standard InChI is InChI=1S/C7H6N4/c1-2-11-7-3-4-8-5-6(7)9-10-11/h2-5H,1H2. The topological polar surface area (TPSA) is 43.6 Å². The molecule has 54 valence electrons. The zero-order valence-electron chi connectivity index (χ0n) is 5.81. The van der Waals surface area contributed by atoms with E-state index in [4.69, 9.17) is 0 Å². The molecule has 0 aliphatic heterocycles. The van der Waals surface area contributed by atoms with Crippen LogP contribution in [-0.2, 0) is 0 Å². The summed E-state index contributed by atoms with van der Waals surface area (Å²) in [4.78, 5) is 3.91. The molecule has 11 heavy (non-hydrogen) atoms. The molecule has 0 aliphatic carbocycles. The second-order valence-corrected chi connectivity index (χ2v) is 2.08. The van der Waals surface area contributed by atoms with Crippen molar-refractivity contribution in [1.82, 2.24) is 20.0 Å². The Hall–Kier alpha value is -1.71. The van der Waals surface area contributed by atoms with E-state index in [1.165, 1.54) is 0 Å². The second kappa shape index (κ2) is 2.16. The van der Waals surface area contributed by atoms with Crippen LogP contribution in [0.5, 0.6) is 0 Å².